The molecule has 2 aliphatic heterocycles. The molecule has 4 rings (SSSR count). The van der Waals surface area contributed by atoms with Crippen LogP contribution in [-0.4, -0.2) is 52.8 Å². The fraction of sp³-hybridized carbons (Fsp3) is 0.667. The van der Waals surface area contributed by atoms with Gasteiger partial charge in [0.1, 0.15) is 11.3 Å². The molecule has 1 atom stereocenters. The smallest absolute Gasteiger partial charge is 0.160 e. The number of aromatic nitrogens is 3. The molecular formula is C18H26N4O. The van der Waals surface area contributed by atoms with Crippen molar-refractivity contribution in [1.82, 2.24) is 19.4 Å². The fourth-order valence-electron chi connectivity index (χ4n) is 3.98. The molecule has 0 aliphatic carbocycles. The molecule has 23 heavy (non-hydrogen) atoms. The van der Waals surface area contributed by atoms with E-state index in [4.69, 9.17) is 9.72 Å². The topological polar surface area (TPSA) is 43.2 Å². The van der Waals surface area contributed by atoms with E-state index in [1.165, 1.54) is 31.5 Å². The molecule has 0 amide bonds. The van der Waals surface area contributed by atoms with E-state index in [-0.39, 0.29) is 0 Å². The summed E-state index contributed by atoms with van der Waals surface area (Å²) in [5.74, 6) is 1.81. The Hall–Kier alpha value is -1.46. The first-order valence-corrected chi connectivity index (χ1v) is 8.89. The maximum Gasteiger partial charge on any atom is 0.160 e. The van der Waals surface area contributed by atoms with Crippen LogP contribution in [0.15, 0.2) is 18.3 Å². The fourth-order valence-corrected chi connectivity index (χ4v) is 3.98. The van der Waals surface area contributed by atoms with E-state index < -0.39 is 0 Å². The number of rotatable bonds is 3. The zero-order valence-electron chi connectivity index (χ0n) is 13.9. The zero-order valence-corrected chi connectivity index (χ0v) is 13.9. The Labute approximate surface area is 137 Å². The molecule has 2 aliphatic rings. The number of likely N-dealkylation sites (tertiary alicyclic amines) is 1. The van der Waals surface area contributed by atoms with Gasteiger partial charge in [0, 0.05) is 31.9 Å². The van der Waals surface area contributed by atoms with Gasteiger partial charge in [0.25, 0.3) is 0 Å². The highest BCUT2D eigenvalue weighted by Crippen LogP contribution is 2.29. The van der Waals surface area contributed by atoms with Gasteiger partial charge in [-0.1, -0.05) is 0 Å². The predicted molar refractivity (Wildman–Crippen MR) is 90.5 cm³/mol. The van der Waals surface area contributed by atoms with E-state index in [2.05, 4.69) is 27.6 Å². The summed E-state index contributed by atoms with van der Waals surface area (Å²) < 4.78 is 8.11. The molecule has 0 aromatic carbocycles. The highest BCUT2D eigenvalue weighted by Gasteiger charge is 2.25. The molecule has 2 saturated heterocycles. The molecule has 5 heteroatoms. The molecular weight excluding hydrogens is 288 g/mol. The van der Waals surface area contributed by atoms with Gasteiger partial charge in [0.2, 0.25) is 0 Å². The Bertz CT molecular complexity index is 654. The van der Waals surface area contributed by atoms with Crippen LogP contribution >= 0.6 is 0 Å². The largest absolute Gasteiger partial charge is 0.381 e. The lowest BCUT2D eigenvalue weighted by Gasteiger charge is -2.31. The van der Waals surface area contributed by atoms with Gasteiger partial charge in [-0.3, -0.25) is 0 Å². The summed E-state index contributed by atoms with van der Waals surface area (Å²) in [6, 6.07) is 4.61. The Balaban J connectivity index is 1.66. The number of piperidine rings is 1. The third kappa shape index (κ3) is 3.12. The van der Waals surface area contributed by atoms with E-state index in [1.807, 2.05) is 12.3 Å². The summed E-state index contributed by atoms with van der Waals surface area (Å²) in [6.45, 7) is 4.11. The number of hydrogen-bond acceptors (Lipinski definition) is 4. The molecule has 1 unspecified atom stereocenters. The summed E-state index contributed by atoms with van der Waals surface area (Å²) in [7, 11) is 2.21. The minimum absolute atomic E-state index is 0.533. The zero-order chi connectivity index (χ0) is 15.6. The maximum absolute atomic E-state index is 5.67. The molecule has 5 nitrogen and oxygen atoms in total. The third-order valence-corrected chi connectivity index (χ3v) is 5.30. The van der Waals surface area contributed by atoms with Gasteiger partial charge in [0.15, 0.2) is 5.65 Å². The summed E-state index contributed by atoms with van der Waals surface area (Å²) >= 11 is 0. The van der Waals surface area contributed by atoms with E-state index in [1.54, 1.807) is 0 Å². The van der Waals surface area contributed by atoms with Crippen LogP contribution in [-0.2, 0) is 11.2 Å². The molecule has 0 N–H and O–H groups in total. The average Bonchev–Trinajstić information content (AvgIpc) is 2.94. The lowest BCUT2D eigenvalue weighted by Crippen LogP contribution is -2.32. The molecule has 0 radical (unpaired) electrons. The van der Waals surface area contributed by atoms with Crippen LogP contribution in [0.2, 0.25) is 0 Å². The first kappa shape index (κ1) is 15.1. The highest BCUT2D eigenvalue weighted by atomic mass is 16.5. The second kappa shape index (κ2) is 6.57. The molecule has 0 saturated carbocycles. The van der Waals surface area contributed by atoms with Crippen molar-refractivity contribution in [3.8, 4) is 0 Å². The third-order valence-electron chi connectivity index (χ3n) is 5.30. The van der Waals surface area contributed by atoms with Crippen LogP contribution in [0.25, 0.3) is 11.2 Å². The van der Waals surface area contributed by atoms with E-state index >= 15 is 0 Å². The van der Waals surface area contributed by atoms with Crippen LogP contribution in [0.4, 0.5) is 0 Å². The number of hydrogen-bond donors (Lipinski definition) is 0. The van der Waals surface area contributed by atoms with Gasteiger partial charge >= 0.3 is 0 Å². The Morgan fingerprint density at radius 1 is 1.26 bits per heavy atom. The minimum Gasteiger partial charge on any atom is -0.381 e. The van der Waals surface area contributed by atoms with Crippen LogP contribution in [0.5, 0.6) is 0 Å². The van der Waals surface area contributed by atoms with Crippen molar-refractivity contribution < 1.29 is 4.74 Å². The standard InChI is InChI=1S/C18H26N4O/c1-21-9-6-15(7-10-21)22-17(12-14-4-3-11-23-13-14)20-16-5-2-8-19-18(16)22/h2,5,8,14-15H,3-4,6-7,9-13H2,1H3. The van der Waals surface area contributed by atoms with Crippen molar-refractivity contribution in [2.75, 3.05) is 33.4 Å². The molecule has 0 bridgehead atoms. The highest BCUT2D eigenvalue weighted by molar-refractivity contribution is 5.71. The molecule has 2 aromatic rings. The number of imidazole rings is 1. The van der Waals surface area contributed by atoms with Gasteiger partial charge in [-0.25, -0.2) is 9.97 Å². The van der Waals surface area contributed by atoms with E-state index in [9.17, 15) is 0 Å². The van der Waals surface area contributed by atoms with Crippen molar-refractivity contribution in [1.29, 1.82) is 0 Å². The molecule has 0 spiro atoms. The monoisotopic (exact) mass is 314 g/mol. The van der Waals surface area contributed by atoms with E-state index in [0.717, 1.165) is 43.9 Å². The molecule has 124 valence electrons. The summed E-state index contributed by atoms with van der Waals surface area (Å²) in [6.07, 6.45) is 7.71. The van der Waals surface area contributed by atoms with Crippen molar-refractivity contribution in [2.45, 2.75) is 38.1 Å². The van der Waals surface area contributed by atoms with E-state index in [0.29, 0.717) is 12.0 Å². The molecule has 2 aromatic heterocycles. The summed E-state index contributed by atoms with van der Waals surface area (Å²) in [4.78, 5) is 12.0. The van der Waals surface area contributed by atoms with Gasteiger partial charge in [0.05, 0.1) is 0 Å². The van der Waals surface area contributed by atoms with Gasteiger partial charge in [-0.15, -0.1) is 0 Å². The minimum atomic E-state index is 0.533. The van der Waals surface area contributed by atoms with Crippen LogP contribution in [0.3, 0.4) is 0 Å². The Morgan fingerprint density at radius 3 is 2.91 bits per heavy atom. The number of fused-ring (bicyclic) bond motifs is 1. The number of nitrogens with zero attached hydrogens (tertiary/aromatic N) is 4. The average molecular weight is 314 g/mol. The van der Waals surface area contributed by atoms with Crippen molar-refractivity contribution >= 4 is 11.2 Å². The van der Waals surface area contributed by atoms with Crippen LogP contribution < -0.4 is 0 Å². The second-order valence-corrected chi connectivity index (χ2v) is 7.07. The number of ether oxygens (including phenoxy) is 1. The van der Waals surface area contributed by atoms with Crippen LogP contribution in [0, 0.1) is 5.92 Å². The van der Waals surface area contributed by atoms with Gasteiger partial charge in [-0.2, -0.15) is 0 Å². The lowest BCUT2D eigenvalue weighted by molar-refractivity contribution is 0.0537. The predicted octanol–water partition coefficient (Wildman–Crippen LogP) is 2.67. The van der Waals surface area contributed by atoms with Crippen molar-refractivity contribution in [3.05, 3.63) is 24.2 Å². The van der Waals surface area contributed by atoms with Crippen molar-refractivity contribution in [2.24, 2.45) is 5.92 Å². The number of pyridine rings is 1. The Morgan fingerprint density at radius 2 is 2.13 bits per heavy atom. The second-order valence-electron chi connectivity index (χ2n) is 7.07. The lowest BCUT2D eigenvalue weighted by atomic mass is 9.97. The normalized spacial score (nSPS) is 24.3. The van der Waals surface area contributed by atoms with Crippen molar-refractivity contribution in [3.63, 3.8) is 0 Å². The maximum atomic E-state index is 5.67. The van der Waals surface area contributed by atoms with Gasteiger partial charge < -0.3 is 14.2 Å². The van der Waals surface area contributed by atoms with Gasteiger partial charge in [-0.05, 0) is 63.9 Å². The quantitative estimate of drug-likeness (QED) is 0.873. The van der Waals surface area contributed by atoms with Crippen LogP contribution in [0.1, 0.15) is 37.5 Å². The first-order chi connectivity index (χ1) is 11.3. The first-order valence-electron chi connectivity index (χ1n) is 8.89. The SMILES string of the molecule is CN1CCC(n2c(CC3CCCOC3)nc3cccnc32)CC1. The summed E-state index contributed by atoms with van der Waals surface area (Å²) in [5.41, 5.74) is 2.10. The molecule has 4 heterocycles. The summed E-state index contributed by atoms with van der Waals surface area (Å²) in [5, 5.41) is 0. The Kier molecular flexibility index (Phi) is 4.31. The molecule has 2 fully saturated rings.